The van der Waals surface area contributed by atoms with E-state index in [-0.39, 0.29) is 0 Å². The van der Waals surface area contributed by atoms with Gasteiger partial charge in [0.2, 0.25) is 0 Å². The van der Waals surface area contributed by atoms with E-state index in [1.165, 1.54) is 35.6 Å². The average molecular weight is 236 g/mol. The normalized spacial score (nSPS) is 15.3. The second-order valence-electron chi connectivity index (χ2n) is 4.29. The summed E-state index contributed by atoms with van der Waals surface area (Å²) in [6, 6.07) is 6.30. The monoisotopic (exact) mass is 236 g/mol. The first-order chi connectivity index (χ1) is 7.79. The van der Waals surface area contributed by atoms with Crippen molar-refractivity contribution in [1.29, 1.82) is 0 Å². The molecule has 2 nitrogen and oxygen atoms in total. The third kappa shape index (κ3) is 2.92. The van der Waals surface area contributed by atoms with Crippen molar-refractivity contribution in [3.05, 3.63) is 29.3 Å². The van der Waals surface area contributed by atoms with Gasteiger partial charge in [-0.1, -0.05) is 13.0 Å². The molecule has 0 saturated carbocycles. The van der Waals surface area contributed by atoms with Gasteiger partial charge in [-0.15, -0.1) is 0 Å². The van der Waals surface area contributed by atoms with Crippen molar-refractivity contribution in [2.75, 3.05) is 23.8 Å². The number of nitrogens with two attached hydrogens (primary N) is 1. The van der Waals surface area contributed by atoms with Gasteiger partial charge in [-0.3, -0.25) is 4.90 Å². The number of fused-ring (bicyclic) bond motifs is 1. The molecule has 0 spiro atoms. The first-order valence-corrected chi connectivity index (χ1v) is 7.12. The molecule has 1 aromatic rings. The standard InChI is InChI=1S/C13H20N2S/c1-2-16-7-3-6-15-9-11-4-5-13(14)8-12(11)10-15/h4-5,8H,2-3,6-7,9-10,14H2,1H3. The van der Waals surface area contributed by atoms with Crippen LogP contribution in [0.4, 0.5) is 5.69 Å². The minimum absolute atomic E-state index is 0.891. The van der Waals surface area contributed by atoms with Crippen LogP contribution in [0, 0.1) is 0 Å². The Morgan fingerprint density at radius 2 is 2.12 bits per heavy atom. The fourth-order valence-electron chi connectivity index (χ4n) is 2.18. The van der Waals surface area contributed by atoms with Crippen LogP contribution in [0.15, 0.2) is 18.2 Å². The molecule has 1 heterocycles. The number of anilines is 1. The molecular formula is C13H20N2S. The van der Waals surface area contributed by atoms with Crippen molar-refractivity contribution in [2.45, 2.75) is 26.4 Å². The van der Waals surface area contributed by atoms with E-state index < -0.39 is 0 Å². The summed E-state index contributed by atoms with van der Waals surface area (Å²) in [5.74, 6) is 2.52. The van der Waals surface area contributed by atoms with Crippen molar-refractivity contribution in [3.8, 4) is 0 Å². The Kier molecular flexibility index (Phi) is 4.13. The van der Waals surface area contributed by atoms with Crippen LogP contribution in [0.2, 0.25) is 0 Å². The molecular weight excluding hydrogens is 216 g/mol. The Bertz CT molecular complexity index is 352. The molecule has 0 radical (unpaired) electrons. The number of hydrogen-bond acceptors (Lipinski definition) is 3. The number of benzene rings is 1. The first kappa shape index (κ1) is 11.8. The smallest absolute Gasteiger partial charge is 0.0317 e. The Morgan fingerprint density at radius 3 is 2.94 bits per heavy atom. The van der Waals surface area contributed by atoms with E-state index in [2.05, 4.69) is 24.0 Å². The van der Waals surface area contributed by atoms with E-state index in [1.54, 1.807) is 0 Å². The zero-order chi connectivity index (χ0) is 11.4. The Hall–Kier alpha value is -0.670. The third-order valence-electron chi connectivity index (χ3n) is 2.99. The molecule has 2 N–H and O–H groups in total. The maximum Gasteiger partial charge on any atom is 0.0317 e. The van der Waals surface area contributed by atoms with Gasteiger partial charge in [-0.05, 0) is 47.7 Å². The molecule has 0 atom stereocenters. The topological polar surface area (TPSA) is 29.3 Å². The Morgan fingerprint density at radius 1 is 1.31 bits per heavy atom. The van der Waals surface area contributed by atoms with Crippen LogP contribution in [0.1, 0.15) is 24.5 Å². The van der Waals surface area contributed by atoms with Gasteiger partial charge in [-0.2, -0.15) is 11.8 Å². The zero-order valence-electron chi connectivity index (χ0n) is 9.91. The minimum atomic E-state index is 0.891. The summed E-state index contributed by atoms with van der Waals surface area (Å²) in [5.41, 5.74) is 9.56. The lowest BCUT2D eigenvalue weighted by Crippen LogP contribution is -2.18. The Balaban J connectivity index is 1.81. The largest absolute Gasteiger partial charge is 0.399 e. The summed E-state index contributed by atoms with van der Waals surface area (Å²) in [7, 11) is 0. The summed E-state index contributed by atoms with van der Waals surface area (Å²) in [6.45, 7) is 5.62. The molecule has 88 valence electrons. The fraction of sp³-hybridized carbons (Fsp3) is 0.538. The first-order valence-electron chi connectivity index (χ1n) is 5.97. The number of nitrogens with zero attached hydrogens (tertiary/aromatic N) is 1. The summed E-state index contributed by atoms with van der Waals surface area (Å²) < 4.78 is 0. The summed E-state index contributed by atoms with van der Waals surface area (Å²) in [5, 5.41) is 0. The number of hydrogen-bond donors (Lipinski definition) is 1. The van der Waals surface area contributed by atoms with E-state index in [1.807, 2.05) is 17.8 Å². The minimum Gasteiger partial charge on any atom is -0.399 e. The maximum absolute atomic E-state index is 5.79. The highest BCUT2D eigenvalue weighted by atomic mass is 32.2. The van der Waals surface area contributed by atoms with Gasteiger partial charge in [0.15, 0.2) is 0 Å². The predicted molar refractivity (Wildman–Crippen MR) is 72.6 cm³/mol. The number of thioether (sulfide) groups is 1. The van der Waals surface area contributed by atoms with Gasteiger partial charge >= 0.3 is 0 Å². The average Bonchev–Trinajstić information content (AvgIpc) is 2.66. The zero-order valence-corrected chi connectivity index (χ0v) is 10.7. The van der Waals surface area contributed by atoms with Crippen LogP contribution in [-0.2, 0) is 13.1 Å². The second kappa shape index (κ2) is 5.60. The molecule has 0 aromatic heterocycles. The molecule has 0 bridgehead atoms. The van der Waals surface area contributed by atoms with E-state index in [0.29, 0.717) is 0 Å². The lowest BCUT2D eigenvalue weighted by molar-refractivity contribution is 0.286. The molecule has 1 aromatic carbocycles. The van der Waals surface area contributed by atoms with Crippen LogP contribution in [0.5, 0.6) is 0 Å². The van der Waals surface area contributed by atoms with Crippen LogP contribution in [0.3, 0.4) is 0 Å². The van der Waals surface area contributed by atoms with Crippen LogP contribution in [0.25, 0.3) is 0 Å². The quantitative estimate of drug-likeness (QED) is 0.629. The summed E-state index contributed by atoms with van der Waals surface area (Å²) >= 11 is 2.03. The van der Waals surface area contributed by atoms with Crippen molar-refractivity contribution >= 4 is 17.4 Å². The second-order valence-corrected chi connectivity index (χ2v) is 5.68. The van der Waals surface area contributed by atoms with Gasteiger partial charge in [0, 0.05) is 18.8 Å². The summed E-state index contributed by atoms with van der Waals surface area (Å²) in [6.07, 6.45) is 1.29. The molecule has 0 fully saturated rings. The highest BCUT2D eigenvalue weighted by molar-refractivity contribution is 7.99. The molecule has 0 aliphatic carbocycles. The lowest BCUT2D eigenvalue weighted by Gasteiger charge is -2.13. The lowest BCUT2D eigenvalue weighted by atomic mass is 10.1. The van der Waals surface area contributed by atoms with Crippen molar-refractivity contribution in [1.82, 2.24) is 4.90 Å². The van der Waals surface area contributed by atoms with E-state index >= 15 is 0 Å². The molecule has 1 aliphatic rings. The van der Waals surface area contributed by atoms with Gasteiger partial charge in [0.25, 0.3) is 0 Å². The SMILES string of the molecule is CCSCCCN1Cc2ccc(N)cc2C1. The highest BCUT2D eigenvalue weighted by Crippen LogP contribution is 2.24. The number of nitrogen functional groups attached to an aromatic ring is 1. The van der Waals surface area contributed by atoms with Gasteiger partial charge in [-0.25, -0.2) is 0 Å². The van der Waals surface area contributed by atoms with Crippen LogP contribution in [-0.4, -0.2) is 23.0 Å². The van der Waals surface area contributed by atoms with Crippen molar-refractivity contribution < 1.29 is 0 Å². The van der Waals surface area contributed by atoms with E-state index in [9.17, 15) is 0 Å². The van der Waals surface area contributed by atoms with E-state index in [4.69, 9.17) is 5.73 Å². The molecule has 16 heavy (non-hydrogen) atoms. The highest BCUT2D eigenvalue weighted by Gasteiger charge is 2.17. The van der Waals surface area contributed by atoms with Crippen molar-refractivity contribution in [2.24, 2.45) is 0 Å². The third-order valence-corrected chi connectivity index (χ3v) is 3.97. The Labute approximate surface area is 102 Å². The van der Waals surface area contributed by atoms with Crippen LogP contribution >= 0.6 is 11.8 Å². The van der Waals surface area contributed by atoms with Gasteiger partial charge in [0.1, 0.15) is 0 Å². The predicted octanol–water partition coefficient (Wildman–Crippen LogP) is 2.73. The van der Waals surface area contributed by atoms with E-state index in [0.717, 1.165) is 18.8 Å². The van der Waals surface area contributed by atoms with Gasteiger partial charge in [0.05, 0.1) is 0 Å². The summed E-state index contributed by atoms with van der Waals surface area (Å²) in [4.78, 5) is 2.51. The van der Waals surface area contributed by atoms with Gasteiger partial charge < -0.3 is 5.73 Å². The molecule has 0 amide bonds. The molecule has 3 heteroatoms. The molecule has 0 saturated heterocycles. The molecule has 1 aliphatic heterocycles. The molecule has 2 rings (SSSR count). The van der Waals surface area contributed by atoms with Crippen LogP contribution < -0.4 is 5.73 Å². The molecule has 0 unspecified atom stereocenters. The fourth-order valence-corrected chi connectivity index (χ4v) is 2.80. The van der Waals surface area contributed by atoms with Crippen molar-refractivity contribution in [3.63, 3.8) is 0 Å². The number of rotatable bonds is 5. The maximum atomic E-state index is 5.79.